The minimum Gasteiger partial charge on any atom is -0.389 e. The van der Waals surface area contributed by atoms with Gasteiger partial charge in [0, 0.05) is 38.4 Å². The fourth-order valence-corrected chi connectivity index (χ4v) is 2.69. The number of carbonyl (C=O) groups excluding carboxylic acids is 1. The van der Waals surface area contributed by atoms with Crippen LogP contribution in [-0.2, 0) is 6.42 Å². The smallest absolute Gasteiger partial charge is 0.274 e. The summed E-state index contributed by atoms with van der Waals surface area (Å²) in [5.41, 5.74) is 0.833. The lowest BCUT2D eigenvalue weighted by Gasteiger charge is -2.37. The molecule has 2 rings (SSSR count). The molecule has 0 radical (unpaired) electrons. The van der Waals surface area contributed by atoms with Gasteiger partial charge in [0.15, 0.2) is 0 Å². The van der Waals surface area contributed by atoms with E-state index in [1.807, 2.05) is 24.8 Å². The van der Waals surface area contributed by atoms with Gasteiger partial charge in [-0.3, -0.25) is 14.8 Å². The highest BCUT2D eigenvalue weighted by atomic mass is 16.3. The average Bonchev–Trinajstić information content (AvgIpc) is 2.86. The number of carbonyl (C=O) groups is 1. The number of H-pyrrole nitrogens is 1. The van der Waals surface area contributed by atoms with Crippen molar-refractivity contribution in [1.82, 2.24) is 20.0 Å². The predicted octanol–water partition coefficient (Wildman–Crippen LogP) is 0.891. The monoisotopic (exact) mass is 294 g/mol. The Morgan fingerprint density at radius 2 is 2.05 bits per heavy atom. The van der Waals surface area contributed by atoms with Crippen molar-refractivity contribution in [2.75, 3.05) is 32.7 Å². The topological polar surface area (TPSA) is 72.5 Å². The Hall–Kier alpha value is -1.40. The molecule has 1 aliphatic rings. The van der Waals surface area contributed by atoms with Crippen molar-refractivity contribution in [2.24, 2.45) is 0 Å². The van der Waals surface area contributed by atoms with E-state index in [-0.39, 0.29) is 5.91 Å². The van der Waals surface area contributed by atoms with Crippen molar-refractivity contribution in [3.8, 4) is 0 Å². The molecular weight excluding hydrogens is 268 g/mol. The molecule has 1 fully saturated rings. The summed E-state index contributed by atoms with van der Waals surface area (Å²) in [7, 11) is 0. The number of amides is 1. The number of aromatic amines is 1. The van der Waals surface area contributed by atoms with E-state index in [1.54, 1.807) is 0 Å². The van der Waals surface area contributed by atoms with Gasteiger partial charge in [-0.2, -0.15) is 5.10 Å². The molecule has 1 aromatic heterocycles. The maximum atomic E-state index is 12.4. The number of hydrogen-bond donors (Lipinski definition) is 2. The SMILES string of the molecule is CCCc1cc(C(=O)N2CCN(CC(C)(C)O)CC2)n[nH]1. The molecule has 1 amide bonds. The first-order chi connectivity index (χ1) is 9.89. The molecule has 0 saturated carbocycles. The van der Waals surface area contributed by atoms with Crippen LogP contribution >= 0.6 is 0 Å². The summed E-state index contributed by atoms with van der Waals surface area (Å²) in [5.74, 6) is -0.00323. The molecule has 0 unspecified atom stereocenters. The van der Waals surface area contributed by atoms with Crippen molar-refractivity contribution in [1.29, 1.82) is 0 Å². The summed E-state index contributed by atoms with van der Waals surface area (Å²) < 4.78 is 0. The molecule has 0 spiro atoms. The molecule has 2 heterocycles. The molecule has 1 aliphatic heterocycles. The zero-order valence-electron chi connectivity index (χ0n) is 13.2. The summed E-state index contributed by atoms with van der Waals surface area (Å²) >= 11 is 0. The lowest BCUT2D eigenvalue weighted by Crippen LogP contribution is -2.52. The van der Waals surface area contributed by atoms with Gasteiger partial charge >= 0.3 is 0 Å². The van der Waals surface area contributed by atoms with E-state index in [2.05, 4.69) is 22.0 Å². The lowest BCUT2D eigenvalue weighted by molar-refractivity contribution is 0.0177. The van der Waals surface area contributed by atoms with Crippen LogP contribution in [0, 0.1) is 0 Å². The number of rotatable bonds is 5. The van der Waals surface area contributed by atoms with Gasteiger partial charge < -0.3 is 10.0 Å². The van der Waals surface area contributed by atoms with E-state index in [0.717, 1.165) is 31.6 Å². The molecule has 1 saturated heterocycles. The fourth-order valence-electron chi connectivity index (χ4n) is 2.69. The van der Waals surface area contributed by atoms with Gasteiger partial charge in [-0.1, -0.05) is 13.3 Å². The maximum absolute atomic E-state index is 12.4. The lowest BCUT2D eigenvalue weighted by atomic mass is 10.1. The number of hydrogen-bond acceptors (Lipinski definition) is 4. The van der Waals surface area contributed by atoms with Crippen LogP contribution in [0.5, 0.6) is 0 Å². The van der Waals surface area contributed by atoms with Gasteiger partial charge in [-0.05, 0) is 26.3 Å². The van der Waals surface area contributed by atoms with Crippen LogP contribution in [0.1, 0.15) is 43.4 Å². The third-order valence-electron chi connectivity index (χ3n) is 3.64. The van der Waals surface area contributed by atoms with Gasteiger partial charge in [0.25, 0.3) is 5.91 Å². The van der Waals surface area contributed by atoms with Crippen LogP contribution in [0.4, 0.5) is 0 Å². The molecule has 118 valence electrons. The molecule has 6 heteroatoms. The van der Waals surface area contributed by atoms with E-state index in [1.165, 1.54) is 0 Å². The van der Waals surface area contributed by atoms with Crippen molar-refractivity contribution in [3.05, 3.63) is 17.5 Å². The van der Waals surface area contributed by atoms with E-state index < -0.39 is 5.60 Å². The van der Waals surface area contributed by atoms with E-state index in [4.69, 9.17) is 0 Å². The van der Waals surface area contributed by atoms with Crippen molar-refractivity contribution in [3.63, 3.8) is 0 Å². The Balaban J connectivity index is 1.87. The summed E-state index contributed by atoms with van der Waals surface area (Å²) in [4.78, 5) is 16.4. The van der Waals surface area contributed by atoms with Gasteiger partial charge in [-0.25, -0.2) is 0 Å². The van der Waals surface area contributed by atoms with Gasteiger partial charge in [-0.15, -0.1) is 0 Å². The van der Waals surface area contributed by atoms with Crippen molar-refractivity contribution < 1.29 is 9.90 Å². The number of aliphatic hydroxyl groups is 1. The predicted molar refractivity (Wildman–Crippen MR) is 81.2 cm³/mol. The molecule has 1 aromatic rings. The van der Waals surface area contributed by atoms with E-state index in [9.17, 15) is 9.90 Å². The first-order valence-corrected chi connectivity index (χ1v) is 7.67. The molecule has 21 heavy (non-hydrogen) atoms. The first-order valence-electron chi connectivity index (χ1n) is 7.67. The molecule has 0 atom stereocenters. The maximum Gasteiger partial charge on any atom is 0.274 e. The Morgan fingerprint density at radius 1 is 1.38 bits per heavy atom. The second kappa shape index (κ2) is 6.58. The molecule has 0 aliphatic carbocycles. The van der Waals surface area contributed by atoms with Crippen LogP contribution in [0.3, 0.4) is 0 Å². The highest BCUT2D eigenvalue weighted by Crippen LogP contribution is 2.11. The van der Waals surface area contributed by atoms with Gasteiger partial charge in [0.1, 0.15) is 5.69 Å². The van der Waals surface area contributed by atoms with Crippen LogP contribution < -0.4 is 0 Å². The van der Waals surface area contributed by atoms with E-state index in [0.29, 0.717) is 25.3 Å². The quantitative estimate of drug-likeness (QED) is 0.846. The van der Waals surface area contributed by atoms with Gasteiger partial charge in [0.05, 0.1) is 5.60 Å². The molecule has 2 N–H and O–H groups in total. The average molecular weight is 294 g/mol. The second-order valence-electron chi connectivity index (χ2n) is 6.41. The summed E-state index contributed by atoms with van der Waals surface area (Å²) in [5, 5.41) is 16.9. The number of aryl methyl sites for hydroxylation is 1. The summed E-state index contributed by atoms with van der Waals surface area (Å²) in [6.07, 6.45) is 1.95. The Kier molecular flexibility index (Phi) is 5.00. The highest BCUT2D eigenvalue weighted by molar-refractivity contribution is 5.92. The first kappa shape index (κ1) is 16.0. The minimum absolute atomic E-state index is 0.00323. The molecule has 0 bridgehead atoms. The number of aromatic nitrogens is 2. The highest BCUT2D eigenvalue weighted by Gasteiger charge is 2.26. The van der Waals surface area contributed by atoms with Crippen LogP contribution in [0.25, 0.3) is 0 Å². The Bertz CT molecular complexity index is 470. The molecule has 6 nitrogen and oxygen atoms in total. The van der Waals surface area contributed by atoms with Crippen molar-refractivity contribution in [2.45, 2.75) is 39.2 Å². The van der Waals surface area contributed by atoms with Crippen LogP contribution in [-0.4, -0.2) is 69.3 Å². The normalized spacial score (nSPS) is 17.2. The standard InChI is InChI=1S/C15H26N4O2/c1-4-5-12-10-13(17-16-12)14(20)19-8-6-18(7-9-19)11-15(2,3)21/h10,21H,4-9,11H2,1-3H3,(H,16,17). The second-order valence-corrected chi connectivity index (χ2v) is 6.41. The van der Waals surface area contributed by atoms with Crippen molar-refractivity contribution >= 4 is 5.91 Å². The largest absolute Gasteiger partial charge is 0.389 e. The Labute approximate surface area is 126 Å². The zero-order valence-corrected chi connectivity index (χ0v) is 13.2. The third-order valence-corrected chi connectivity index (χ3v) is 3.64. The summed E-state index contributed by atoms with van der Waals surface area (Å²) in [6, 6.07) is 1.86. The van der Waals surface area contributed by atoms with Gasteiger partial charge in [0.2, 0.25) is 0 Å². The number of nitrogens with zero attached hydrogens (tertiary/aromatic N) is 3. The number of piperazine rings is 1. The van der Waals surface area contributed by atoms with E-state index >= 15 is 0 Å². The van der Waals surface area contributed by atoms with Crippen LogP contribution in [0.15, 0.2) is 6.07 Å². The number of nitrogens with one attached hydrogen (secondary N) is 1. The Morgan fingerprint density at radius 3 is 2.62 bits per heavy atom. The third kappa shape index (κ3) is 4.54. The minimum atomic E-state index is -0.691. The summed E-state index contributed by atoms with van der Waals surface area (Å²) in [6.45, 7) is 9.31. The molecular formula is C15H26N4O2. The fraction of sp³-hybridized carbons (Fsp3) is 0.733. The van der Waals surface area contributed by atoms with Crippen LogP contribution in [0.2, 0.25) is 0 Å². The molecule has 0 aromatic carbocycles. The zero-order chi connectivity index (χ0) is 15.5. The number of β-amino-alcohol motifs (C(OH)–C–C–N with tert-alkyl or cyclic N) is 1.